The second kappa shape index (κ2) is 6.43. The van der Waals surface area contributed by atoms with Crippen LogP contribution in [0.2, 0.25) is 0 Å². The lowest BCUT2D eigenvalue weighted by Crippen LogP contribution is -2.40. The van der Waals surface area contributed by atoms with Crippen LogP contribution in [0.5, 0.6) is 11.5 Å². The minimum atomic E-state index is -0.129. The summed E-state index contributed by atoms with van der Waals surface area (Å²) in [5.74, 6) is 1.30. The van der Waals surface area contributed by atoms with Gasteiger partial charge in [-0.25, -0.2) is 0 Å². The fraction of sp³-hybridized carbons (Fsp3) is 0.182. The van der Waals surface area contributed by atoms with Crippen molar-refractivity contribution in [1.29, 1.82) is 0 Å². The van der Waals surface area contributed by atoms with E-state index in [9.17, 15) is 4.79 Å². The SMILES string of the molecule is O=C(c1ccc2c(c1)OCO2)N1CCc2ccccc2C1c1ccncc1. The van der Waals surface area contributed by atoms with Crippen molar-refractivity contribution in [2.24, 2.45) is 0 Å². The van der Waals surface area contributed by atoms with Gasteiger partial charge < -0.3 is 14.4 Å². The van der Waals surface area contributed by atoms with Crippen LogP contribution in [0.3, 0.4) is 0 Å². The summed E-state index contributed by atoms with van der Waals surface area (Å²) in [5.41, 5.74) is 4.13. The number of pyridine rings is 1. The molecule has 0 fully saturated rings. The van der Waals surface area contributed by atoms with Gasteiger partial charge in [-0.3, -0.25) is 9.78 Å². The Balaban J connectivity index is 1.57. The van der Waals surface area contributed by atoms with Crippen LogP contribution in [0.1, 0.15) is 33.1 Å². The summed E-state index contributed by atoms with van der Waals surface area (Å²) in [6, 6.07) is 17.5. The molecule has 3 aromatic rings. The van der Waals surface area contributed by atoms with Crippen LogP contribution in [0, 0.1) is 0 Å². The Morgan fingerprint density at radius 3 is 2.70 bits per heavy atom. The van der Waals surface area contributed by atoms with E-state index in [1.165, 1.54) is 11.1 Å². The first-order valence-electron chi connectivity index (χ1n) is 8.99. The van der Waals surface area contributed by atoms with Crippen LogP contribution in [0.15, 0.2) is 67.0 Å². The summed E-state index contributed by atoms with van der Waals surface area (Å²) in [7, 11) is 0. The molecule has 1 aromatic heterocycles. The van der Waals surface area contributed by atoms with E-state index in [0.29, 0.717) is 23.6 Å². The van der Waals surface area contributed by atoms with Crippen molar-refractivity contribution in [3.63, 3.8) is 0 Å². The summed E-state index contributed by atoms with van der Waals surface area (Å²) >= 11 is 0. The van der Waals surface area contributed by atoms with E-state index in [0.717, 1.165) is 12.0 Å². The van der Waals surface area contributed by atoms with Gasteiger partial charge in [0.15, 0.2) is 11.5 Å². The maximum Gasteiger partial charge on any atom is 0.254 e. The van der Waals surface area contributed by atoms with Crippen molar-refractivity contribution in [2.45, 2.75) is 12.5 Å². The van der Waals surface area contributed by atoms with Crippen LogP contribution in [0.4, 0.5) is 0 Å². The Labute approximate surface area is 157 Å². The third-order valence-electron chi connectivity index (χ3n) is 5.19. The number of nitrogens with zero attached hydrogens (tertiary/aromatic N) is 2. The molecule has 0 saturated heterocycles. The summed E-state index contributed by atoms with van der Waals surface area (Å²) in [6.07, 6.45) is 4.39. The molecule has 0 saturated carbocycles. The van der Waals surface area contributed by atoms with Gasteiger partial charge in [0.1, 0.15) is 0 Å². The summed E-state index contributed by atoms with van der Waals surface area (Å²) in [6.45, 7) is 0.862. The van der Waals surface area contributed by atoms with Gasteiger partial charge in [0.2, 0.25) is 6.79 Å². The average molecular weight is 358 g/mol. The van der Waals surface area contributed by atoms with Crippen molar-refractivity contribution in [2.75, 3.05) is 13.3 Å². The van der Waals surface area contributed by atoms with E-state index in [2.05, 4.69) is 23.2 Å². The highest BCUT2D eigenvalue weighted by Crippen LogP contribution is 2.37. The molecule has 0 bridgehead atoms. The van der Waals surface area contributed by atoms with Gasteiger partial charge in [-0.1, -0.05) is 24.3 Å². The monoisotopic (exact) mass is 358 g/mol. The molecule has 1 atom stereocenters. The lowest BCUT2D eigenvalue weighted by Gasteiger charge is -2.37. The van der Waals surface area contributed by atoms with Gasteiger partial charge in [0.05, 0.1) is 6.04 Å². The van der Waals surface area contributed by atoms with E-state index in [1.807, 2.05) is 23.1 Å². The largest absolute Gasteiger partial charge is 0.454 e. The van der Waals surface area contributed by atoms with Gasteiger partial charge in [0, 0.05) is 24.5 Å². The second-order valence-corrected chi connectivity index (χ2v) is 6.70. The molecular weight excluding hydrogens is 340 g/mol. The van der Waals surface area contributed by atoms with E-state index in [4.69, 9.17) is 9.47 Å². The second-order valence-electron chi connectivity index (χ2n) is 6.70. The number of hydrogen-bond acceptors (Lipinski definition) is 4. The minimum Gasteiger partial charge on any atom is -0.454 e. The molecule has 27 heavy (non-hydrogen) atoms. The van der Waals surface area contributed by atoms with Crippen LogP contribution >= 0.6 is 0 Å². The van der Waals surface area contributed by atoms with Gasteiger partial charge in [-0.15, -0.1) is 0 Å². The summed E-state index contributed by atoms with van der Waals surface area (Å²) in [5, 5.41) is 0. The molecule has 0 spiro atoms. The van der Waals surface area contributed by atoms with Crippen molar-refractivity contribution < 1.29 is 14.3 Å². The molecule has 5 nitrogen and oxygen atoms in total. The molecule has 1 unspecified atom stereocenters. The maximum absolute atomic E-state index is 13.4. The highest BCUT2D eigenvalue weighted by atomic mass is 16.7. The first-order chi connectivity index (χ1) is 13.3. The van der Waals surface area contributed by atoms with Gasteiger partial charge >= 0.3 is 0 Å². The molecule has 2 aliphatic heterocycles. The zero-order valence-corrected chi connectivity index (χ0v) is 14.7. The minimum absolute atomic E-state index is 0.00962. The standard InChI is InChI=1S/C22H18N2O3/c25-22(17-5-6-19-20(13-17)27-14-26-19)24-12-9-15-3-1-2-4-18(15)21(24)16-7-10-23-11-8-16/h1-8,10-11,13,21H,9,12,14H2. The maximum atomic E-state index is 13.4. The van der Waals surface area contributed by atoms with Crippen molar-refractivity contribution in [1.82, 2.24) is 9.88 Å². The highest BCUT2D eigenvalue weighted by Gasteiger charge is 2.33. The summed E-state index contributed by atoms with van der Waals surface area (Å²) < 4.78 is 10.8. The summed E-state index contributed by atoms with van der Waals surface area (Å²) in [4.78, 5) is 19.5. The lowest BCUT2D eigenvalue weighted by atomic mass is 9.88. The molecule has 1 amide bonds. The van der Waals surface area contributed by atoms with Crippen LogP contribution in [0.25, 0.3) is 0 Å². The molecule has 5 rings (SSSR count). The number of ether oxygens (including phenoxy) is 2. The quantitative estimate of drug-likeness (QED) is 0.702. The molecule has 0 N–H and O–H groups in total. The normalized spacial score (nSPS) is 17.5. The molecule has 2 aliphatic rings. The third-order valence-corrected chi connectivity index (χ3v) is 5.19. The number of fused-ring (bicyclic) bond motifs is 2. The first kappa shape index (κ1) is 15.9. The molecule has 134 valence electrons. The first-order valence-corrected chi connectivity index (χ1v) is 8.99. The van der Waals surface area contributed by atoms with Crippen molar-refractivity contribution >= 4 is 5.91 Å². The number of carbonyl (C=O) groups excluding carboxylic acids is 1. The Kier molecular flexibility index (Phi) is 3.78. The Hall–Kier alpha value is -3.34. The van der Waals surface area contributed by atoms with Gasteiger partial charge in [-0.05, 0) is 53.4 Å². The highest BCUT2D eigenvalue weighted by molar-refractivity contribution is 5.95. The predicted molar refractivity (Wildman–Crippen MR) is 99.8 cm³/mol. The fourth-order valence-electron chi connectivity index (χ4n) is 3.89. The number of rotatable bonds is 2. The Bertz CT molecular complexity index is 1000. The zero-order chi connectivity index (χ0) is 18.2. The van der Waals surface area contributed by atoms with Gasteiger partial charge in [-0.2, -0.15) is 0 Å². The van der Waals surface area contributed by atoms with E-state index in [-0.39, 0.29) is 18.7 Å². The molecule has 0 radical (unpaired) electrons. The van der Waals surface area contributed by atoms with Crippen LogP contribution in [-0.2, 0) is 6.42 Å². The van der Waals surface area contributed by atoms with E-state index in [1.54, 1.807) is 30.6 Å². The number of benzene rings is 2. The lowest BCUT2D eigenvalue weighted by molar-refractivity contribution is 0.0694. The topological polar surface area (TPSA) is 51.7 Å². The average Bonchev–Trinajstić information content (AvgIpc) is 3.21. The predicted octanol–water partition coefficient (Wildman–Crippen LogP) is 3.60. The fourth-order valence-corrected chi connectivity index (χ4v) is 3.89. The van der Waals surface area contributed by atoms with Crippen molar-refractivity contribution in [3.05, 3.63) is 89.2 Å². The van der Waals surface area contributed by atoms with Crippen LogP contribution in [-0.4, -0.2) is 29.1 Å². The Morgan fingerprint density at radius 2 is 1.81 bits per heavy atom. The molecule has 3 heterocycles. The molecule has 0 aliphatic carbocycles. The molecule has 5 heteroatoms. The zero-order valence-electron chi connectivity index (χ0n) is 14.7. The number of hydrogen-bond donors (Lipinski definition) is 0. The van der Waals surface area contributed by atoms with E-state index >= 15 is 0 Å². The van der Waals surface area contributed by atoms with Crippen LogP contribution < -0.4 is 9.47 Å². The van der Waals surface area contributed by atoms with Gasteiger partial charge in [0.25, 0.3) is 5.91 Å². The van der Waals surface area contributed by atoms with Crippen molar-refractivity contribution in [3.8, 4) is 11.5 Å². The molecule has 2 aromatic carbocycles. The Morgan fingerprint density at radius 1 is 1.00 bits per heavy atom. The number of aromatic nitrogens is 1. The molecular formula is C22H18N2O3. The third kappa shape index (κ3) is 2.72. The smallest absolute Gasteiger partial charge is 0.254 e. The van der Waals surface area contributed by atoms with E-state index < -0.39 is 0 Å². The number of carbonyl (C=O) groups is 1. The number of amides is 1.